The van der Waals surface area contributed by atoms with Crippen molar-refractivity contribution in [3.05, 3.63) is 29.6 Å². The zero-order valence-corrected chi connectivity index (χ0v) is 9.75. The topological polar surface area (TPSA) is 12.9 Å². The van der Waals surface area contributed by atoms with Crippen LogP contribution in [0.25, 0.3) is 0 Å². The van der Waals surface area contributed by atoms with E-state index in [1.165, 1.54) is 17.7 Å². The van der Waals surface area contributed by atoms with Gasteiger partial charge in [0.2, 0.25) is 0 Å². The van der Waals surface area contributed by atoms with Crippen molar-refractivity contribution in [3.8, 4) is 0 Å². The van der Waals surface area contributed by atoms with Crippen molar-refractivity contribution >= 4 is 0 Å². The molecule has 0 fully saturated rings. The minimum Gasteiger partial charge on any atom is -0.261 e. The number of rotatable bonds is 4. The van der Waals surface area contributed by atoms with E-state index in [1.807, 2.05) is 6.20 Å². The molecule has 0 aromatic carbocycles. The molecule has 0 saturated heterocycles. The SMILES string of the molecule is CCC(C)c1ccc(C(C)CC)nc1. The van der Waals surface area contributed by atoms with Gasteiger partial charge in [0, 0.05) is 11.9 Å². The molecule has 1 aromatic heterocycles. The van der Waals surface area contributed by atoms with E-state index in [1.54, 1.807) is 0 Å². The largest absolute Gasteiger partial charge is 0.261 e. The molecular formula is C13H21N. The Balaban J connectivity index is 2.78. The average molecular weight is 191 g/mol. The average Bonchev–Trinajstić information content (AvgIpc) is 2.27. The smallest absolute Gasteiger partial charge is 0.0431 e. The van der Waals surface area contributed by atoms with E-state index in [4.69, 9.17) is 0 Å². The number of pyridine rings is 1. The van der Waals surface area contributed by atoms with Crippen LogP contribution >= 0.6 is 0 Å². The highest BCUT2D eigenvalue weighted by Crippen LogP contribution is 2.21. The van der Waals surface area contributed by atoms with Gasteiger partial charge >= 0.3 is 0 Å². The van der Waals surface area contributed by atoms with Crippen LogP contribution in [-0.4, -0.2) is 4.98 Å². The van der Waals surface area contributed by atoms with Crippen LogP contribution in [0.15, 0.2) is 18.3 Å². The summed E-state index contributed by atoms with van der Waals surface area (Å²) in [5, 5.41) is 0. The lowest BCUT2D eigenvalue weighted by Gasteiger charge is -2.11. The van der Waals surface area contributed by atoms with E-state index in [0.717, 1.165) is 6.42 Å². The molecule has 1 heteroatoms. The lowest BCUT2D eigenvalue weighted by atomic mass is 9.98. The lowest BCUT2D eigenvalue weighted by Crippen LogP contribution is -1.98. The van der Waals surface area contributed by atoms with Crippen LogP contribution in [0.1, 0.15) is 63.6 Å². The molecule has 0 bridgehead atoms. The molecule has 2 unspecified atom stereocenters. The van der Waals surface area contributed by atoms with Crippen LogP contribution in [0.4, 0.5) is 0 Å². The molecule has 1 nitrogen and oxygen atoms in total. The van der Waals surface area contributed by atoms with Gasteiger partial charge in [0.15, 0.2) is 0 Å². The van der Waals surface area contributed by atoms with E-state index < -0.39 is 0 Å². The molecule has 2 atom stereocenters. The number of hydrogen-bond acceptors (Lipinski definition) is 1. The molecule has 0 amide bonds. The molecule has 0 spiro atoms. The van der Waals surface area contributed by atoms with E-state index in [0.29, 0.717) is 11.8 Å². The first-order valence-electron chi connectivity index (χ1n) is 5.64. The summed E-state index contributed by atoms with van der Waals surface area (Å²) in [4.78, 5) is 4.52. The second-order valence-electron chi connectivity index (χ2n) is 4.13. The van der Waals surface area contributed by atoms with Gasteiger partial charge in [-0.3, -0.25) is 4.98 Å². The first-order valence-corrected chi connectivity index (χ1v) is 5.64. The van der Waals surface area contributed by atoms with Crippen LogP contribution in [0.5, 0.6) is 0 Å². The summed E-state index contributed by atoms with van der Waals surface area (Å²) in [6.45, 7) is 8.90. The van der Waals surface area contributed by atoms with Crippen LogP contribution in [0.3, 0.4) is 0 Å². The Labute approximate surface area is 87.6 Å². The van der Waals surface area contributed by atoms with Gasteiger partial charge in [0.1, 0.15) is 0 Å². The first kappa shape index (κ1) is 11.2. The summed E-state index contributed by atoms with van der Waals surface area (Å²) < 4.78 is 0. The highest BCUT2D eigenvalue weighted by molar-refractivity contribution is 5.19. The van der Waals surface area contributed by atoms with Crippen LogP contribution in [0.2, 0.25) is 0 Å². The summed E-state index contributed by atoms with van der Waals surface area (Å²) in [6.07, 6.45) is 4.38. The number of aromatic nitrogens is 1. The second kappa shape index (κ2) is 5.14. The molecule has 0 aliphatic carbocycles. The van der Waals surface area contributed by atoms with Crippen LogP contribution < -0.4 is 0 Å². The number of hydrogen-bond donors (Lipinski definition) is 0. The van der Waals surface area contributed by atoms with E-state index in [9.17, 15) is 0 Å². The summed E-state index contributed by atoms with van der Waals surface area (Å²) in [6, 6.07) is 4.40. The Kier molecular flexibility index (Phi) is 4.12. The third-order valence-corrected chi connectivity index (χ3v) is 3.11. The Hall–Kier alpha value is -0.850. The maximum Gasteiger partial charge on any atom is 0.0431 e. The van der Waals surface area contributed by atoms with Crippen LogP contribution in [0, 0.1) is 0 Å². The fourth-order valence-electron chi connectivity index (χ4n) is 1.44. The third kappa shape index (κ3) is 2.57. The zero-order valence-electron chi connectivity index (χ0n) is 9.75. The molecule has 1 rings (SSSR count). The Morgan fingerprint density at radius 1 is 1.07 bits per heavy atom. The Morgan fingerprint density at radius 3 is 2.14 bits per heavy atom. The minimum absolute atomic E-state index is 0.584. The molecule has 0 N–H and O–H groups in total. The molecule has 1 heterocycles. The molecule has 0 aliphatic heterocycles. The molecule has 1 aromatic rings. The summed E-state index contributed by atoms with van der Waals surface area (Å²) in [5.41, 5.74) is 2.58. The fourth-order valence-corrected chi connectivity index (χ4v) is 1.44. The van der Waals surface area contributed by atoms with Crippen molar-refractivity contribution < 1.29 is 0 Å². The van der Waals surface area contributed by atoms with Crippen molar-refractivity contribution in [1.29, 1.82) is 0 Å². The Bertz CT molecular complexity index is 234. The second-order valence-corrected chi connectivity index (χ2v) is 4.13. The fraction of sp³-hybridized carbons (Fsp3) is 0.615. The Morgan fingerprint density at radius 2 is 1.71 bits per heavy atom. The van der Waals surface area contributed by atoms with Crippen molar-refractivity contribution in [3.63, 3.8) is 0 Å². The zero-order chi connectivity index (χ0) is 10.6. The first-order chi connectivity index (χ1) is 6.69. The van der Waals surface area contributed by atoms with E-state index >= 15 is 0 Å². The van der Waals surface area contributed by atoms with Gasteiger partial charge in [-0.25, -0.2) is 0 Å². The number of nitrogens with zero attached hydrogens (tertiary/aromatic N) is 1. The lowest BCUT2D eigenvalue weighted by molar-refractivity contribution is 0.694. The molecule has 0 radical (unpaired) electrons. The van der Waals surface area contributed by atoms with Crippen molar-refractivity contribution in [2.24, 2.45) is 0 Å². The monoisotopic (exact) mass is 191 g/mol. The molecule has 78 valence electrons. The summed E-state index contributed by atoms with van der Waals surface area (Å²) in [7, 11) is 0. The maximum atomic E-state index is 4.52. The van der Waals surface area contributed by atoms with Gasteiger partial charge < -0.3 is 0 Å². The van der Waals surface area contributed by atoms with Gasteiger partial charge in [0.25, 0.3) is 0 Å². The summed E-state index contributed by atoms with van der Waals surface area (Å²) in [5.74, 6) is 1.22. The van der Waals surface area contributed by atoms with Crippen molar-refractivity contribution in [2.45, 2.75) is 52.4 Å². The van der Waals surface area contributed by atoms with Gasteiger partial charge in [-0.05, 0) is 36.3 Å². The summed E-state index contributed by atoms with van der Waals surface area (Å²) >= 11 is 0. The van der Waals surface area contributed by atoms with Crippen molar-refractivity contribution in [1.82, 2.24) is 4.98 Å². The standard InChI is InChI=1S/C13H21N/c1-5-10(3)12-7-8-13(14-9-12)11(4)6-2/h7-11H,5-6H2,1-4H3. The van der Waals surface area contributed by atoms with Crippen molar-refractivity contribution in [2.75, 3.05) is 0 Å². The van der Waals surface area contributed by atoms with E-state index in [2.05, 4.69) is 44.8 Å². The van der Waals surface area contributed by atoms with Crippen LogP contribution in [-0.2, 0) is 0 Å². The molecule has 0 saturated carbocycles. The van der Waals surface area contributed by atoms with Gasteiger partial charge in [-0.2, -0.15) is 0 Å². The van der Waals surface area contributed by atoms with Gasteiger partial charge in [-0.1, -0.05) is 33.8 Å². The molecule has 14 heavy (non-hydrogen) atoms. The molecular weight excluding hydrogens is 170 g/mol. The van der Waals surface area contributed by atoms with Gasteiger partial charge in [0.05, 0.1) is 0 Å². The predicted octanol–water partition coefficient (Wildman–Crippen LogP) is 4.11. The maximum absolute atomic E-state index is 4.52. The molecule has 0 aliphatic rings. The highest BCUT2D eigenvalue weighted by atomic mass is 14.7. The van der Waals surface area contributed by atoms with E-state index in [-0.39, 0.29) is 0 Å². The van der Waals surface area contributed by atoms with Gasteiger partial charge in [-0.15, -0.1) is 0 Å². The normalized spacial score (nSPS) is 15.1. The third-order valence-electron chi connectivity index (χ3n) is 3.11. The minimum atomic E-state index is 0.584. The predicted molar refractivity (Wildman–Crippen MR) is 61.6 cm³/mol. The highest BCUT2D eigenvalue weighted by Gasteiger charge is 2.06. The quantitative estimate of drug-likeness (QED) is 0.698.